The number of hydrogen-bond donors (Lipinski definition) is 2. The summed E-state index contributed by atoms with van der Waals surface area (Å²) < 4.78 is 0. The molecule has 2 atom stereocenters. The van der Waals surface area contributed by atoms with Crippen molar-refractivity contribution in [1.82, 2.24) is 10.2 Å². The molecule has 1 rings (SSSR count). The van der Waals surface area contributed by atoms with E-state index in [1.807, 2.05) is 0 Å². The summed E-state index contributed by atoms with van der Waals surface area (Å²) in [5, 5.41) is 11.1. The lowest BCUT2D eigenvalue weighted by molar-refractivity contribution is -0.146. The molecule has 1 aliphatic rings. The van der Waals surface area contributed by atoms with Gasteiger partial charge in [0, 0.05) is 20.0 Å². The van der Waals surface area contributed by atoms with Crippen LogP contribution in [-0.2, 0) is 14.4 Å². The van der Waals surface area contributed by atoms with Crippen molar-refractivity contribution < 1.29 is 19.5 Å². The predicted molar refractivity (Wildman–Crippen MR) is 51.0 cm³/mol. The monoisotopic (exact) mass is 214 g/mol. The second kappa shape index (κ2) is 4.29. The van der Waals surface area contributed by atoms with E-state index in [2.05, 4.69) is 5.32 Å². The van der Waals surface area contributed by atoms with Crippen molar-refractivity contribution in [1.29, 1.82) is 0 Å². The van der Waals surface area contributed by atoms with Crippen LogP contribution in [0.5, 0.6) is 0 Å². The summed E-state index contributed by atoms with van der Waals surface area (Å²) in [5.74, 6) is -2.82. The van der Waals surface area contributed by atoms with Crippen molar-refractivity contribution in [2.45, 2.75) is 19.4 Å². The minimum Gasteiger partial charge on any atom is -0.481 e. The van der Waals surface area contributed by atoms with Crippen LogP contribution < -0.4 is 5.32 Å². The van der Waals surface area contributed by atoms with Gasteiger partial charge in [-0.05, 0) is 6.92 Å². The number of carboxylic acids is 1. The van der Waals surface area contributed by atoms with Gasteiger partial charge in [0.2, 0.25) is 11.8 Å². The molecule has 2 unspecified atom stereocenters. The zero-order chi connectivity index (χ0) is 11.6. The van der Waals surface area contributed by atoms with Crippen LogP contribution in [0.3, 0.4) is 0 Å². The van der Waals surface area contributed by atoms with Crippen molar-refractivity contribution in [3.63, 3.8) is 0 Å². The lowest BCUT2D eigenvalue weighted by Gasteiger charge is -2.14. The van der Waals surface area contributed by atoms with Crippen LogP contribution in [0, 0.1) is 5.92 Å². The first-order chi connectivity index (χ1) is 6.91. The topological polar surface area (TPSA) is 86.7 Å². The molecule has 0 aromatic rings. The van der Waals surface area contributed by atoms with E-state index in [0.717, 1.165) is 0 Å². The highest BCUT2D eigenvalue weighted by molar-refractivity contribution is 5.97. The molecule has 0 aromatic heterocycles. The number of amides is 2. The van der Waals surface area contributed by atoms with Gasteiger partial charge in [0.05, 0.1) is 6.04 Å². The number of carboxylic acid groups (broad SMARTS) is 1. The Bertz CT molecular complexity index is 302. The maximum absolute atomic E-state index is 11.3. The highest BCUT2D eigenvalue weighted by Crippen LogP contribution is 2.09. The summed E-state index contributed by atoms with van der Waals surface area (Å²) >= 11 is 0. The predicted octanol–water partition coefficient (Wildman–Crippen LogP) is -0.946. The minimum absolute atomic E-state index is 0.0386. The van der Waals surface area contributed by atoms with E-state index in [4.69, 9.17) is 5.11 Å². The van der Waals surface area contributed by atoms with Crippen molar-refractivity contribution in [2.24, 2.45) is 5.92 Å². The van der Waals surface area contributed by atoms with Crippen LogP contribution in [0.1, 0.15) is 13.3 Å². The van der Waals surface area contributed by atoms with Gasteiger partial charge in [-0.2, -0.15) is 0 Å². The molecule has 6 heteroatoms. The summed E-state index contributed by atoms with van der Waals surface area (Å²) in [6.45, 7) is 1.76. The molecular formula is C9H14N2O4. The van der Waals surface area contributed by atoms with Gasteiger partial charge in [0.25, 0.3) is 0 Å². The zero-order valence-electron chi connectivity index (χ0n) is 8.69. The third-order valence-electron chi connectivity index (χ3n) is 2.45. The standard InChI is InChI=1S/C9H14N2O4/c1-5(9(14)15)8(13)10-6-3-7(12)11(2)4-6/h5-6H,3-4H2,1-2H3,(H,10,13)(H,14,15). The van der Waals surface area contributed by atoms with Gasteiger partial charge in [-0.3, -0.25) is 14.4 Å². The van der Waals surface area contributed by atoms with Crippen LogP contribution in [-0.4, -0.2) is 47.4 Å². The maximum atomic E-state index is 11.3. The third-order valence-corrected chi connectivity index (χ3v) is 2.45. The van der Waals surface area contributed by atoms with Gasteiger partial charge in [0.15, 0.2) is 0 Å². The molecule has 0 aliphatic carbocycles. The zero-order valence-corrected chi connectivity index (χ0v) is 8.69. The Morgan fingerprint density at radius 2 is 2.20 bits per heavy atom. The second-order valence-electron chi connectivity index (χ2n) is 3.74. The normalized spacial score (nSPS) is 22.7. The number of likely N-dealkylation sites (tertiary alicyclic amines) is 1. The molecule has 0 bridgehead atoms. The molecule has 0 spiro atoms. The first-order valence-corrected chi connectivity index (χ1v) is 4.69. The second-order valence-corrected chi connectivity index (χ2v) is 3.74. The Hall–Kier alpha value is -1.59. The van der Waals surface area contributed by atoms with E-state index in [0.29, 0.717) is 6.54 Å². The number of aliphatic carboxylic acids is 1. The molecule has 15 heavy (non-hydrogen) atoms. The van der Waals surface area contributed by atoms with Gasteiger partial charge in [-0.1, -0.05) is 0 Å². The van der Waals surface area contributed by atoms with Crippen LogP contribution >= 0.6 is 0 Å². The van der Waals surface area contributed by atoms with E-state index >= 15 is 0 Å². The summed E-state index contributed by atoms with van der Waals surface area (Å²) in [7, 11) is 1.65. The Kier molecular flexibility index (Phi) is 3.28. The van der Waals surface area contributed by atoms with Crippen molar-refractivity contribution in [2.75, 3.05) is 13.6 Å². The highest BCUT2D eigenvalue weighted by Gasteiger charge is 2.30. The molecule has 2 N–H and O–H groups in total. The fourth-order valence-electron chi connectivity index (χ4n) is 1.40. The Labute approximate surface area is 87.2 Å². The Morgan fingerprint density at radius 1 is 1.60 bits per heavy atom. The molecule has 1 saturated heterocycles. The number of likely N-dealkylation sites (N-methyl/N-ethyl adjacent to an activating group) is 1. The molecule has 1 fully saturated rings. The van der Waals surface area contributed by atoms with Crippen LogP contribution in [0.25, 0.3) is 0 Å². The van der Waals surface area contributed by atoms with Gasteiger partial charge in [-0.25, -0.2) is 0 Å². The lowest BCUT2D eigenvalue weighted by atomic mass is 10.1. The third kappa shape index (κ3) is 2.68. The summed E-state index contributed by atoms with van der Waals surface area (Å²) in [4.78, 5) is 34.5. The Balaban J connectivity index is 2.46. The minimum atomic E-state index is -1.16. The average Bonchev–Trinajstić information content (AvgIpc) is 2.44. The quantitative estimate of drug-likeness (QED) is 0.593. The van der Waals surface area contributed by atoms with Gasteiger partial charge in [0.1, 0.15) is 5.92 Å². The smallest absolute Gasteiger partial charge is 0.315 e. The number of nitrogens with one attached hydrogen (secondary N) is 1. The molecule has 0 saturated carbocycles. The van der Waals surface area contributed by atoms with Crippen LogP contribution in [0.4, 0.5) is 0 Å². The van der Waals surface area contributed by atoms with E-state index in [-0.39, 0.29) is 18.4 Å². The summed E-state index contributed by atoms with van der Waals surface area (Å²) in [5.41, 5.74) is 0. The van der Waals surface area contributed by atoms with E-state index in [1.165, 1.54) is 11.8 Å². The van der Waals surface area contributed by atoms with E-state index < -0.39 is 17.8 Å². The number of carbonyl (C=O) groups excluding carboxylic acids is 2. The molecule has 1 aliphatic heterocycles. The van der Waals surface area contributed by atoms with Crippen molar-refractivity contribution in [3.05, 3.63) is 0 Å². The average molecular weight is 214 g/mol. The SMILES string of the molecule is CC(C(=O)O)C(=O)NC1CC(=O)N(C)C1. The summed E-state index contributed by atoms with van der Waals surface area (Å²) in [6, 6.07) is -0.267. The van der Waals surface area contributed by atoms with Crippen LogP contribution in [0.2, 0.25) is 0 Å². The fraction of sp³-hybridized carbons (Fsp3) is 0.667. The molecule has 2 amide bonds. The first kappa shape index (κ1) is 11.5. The summed E-state index contributed by atoms with van der Waals surface area (Å²) in [6.07, 6.45) is 0.245. The molecule has 6 nitrogen and oxygen atoms in total. The molecule has 84 valence electrons. The number of hydrogen-bond acceptors (Lipinski definition) is 3. The highest BCUT2D eigenvalue weighted by atomic mass is 16.4. The van der Waals surface area contributed by atoms with Crippen molar-refractivity contribution >= 4 is 17.8 Å². The molecule has 1 heterocycles. The van der Waals surface area contributed by atoms with E-state index in [1.54, 1.807) is 7.05 Å². The van der Waals surface area contributed by atoms with Gasteiger partial charge < -0.3 is 15.3 Å². The van der Waals surface area contributed by atoms with Gasteiger partial charge >= 0.3 is 5.97 Å². The number of carbonyl (C=O) groups is 3. The van der Waals surface area contributed by atoms with Gasteiger partial charge in [-0.15, -0.1) is 0 Å². The van der Waals surface area contributed by atoms with Crippen LogP contribution in [0.15, 0.2) is 0 Å². The number of rotatable bonds is 3. The molecule has 0 radical (unpaired) electrons. The fourth-order valence-corrected chi connectivity index (χ4v) is 1.40. The maximum Gasteiger partial charge on any atom is 0.315 e. The number of nitrogens with zero attached hydrogens (tertiary/aromatic N) is 1. The first-order valence-electron chi connectivity index (χ1n) is 4.69. The van der Waals surface area contributed by atoms with E-state index in [9.17, 15) is 14.4 Å². The molecule has 0 aromatic carbocycles. The Morgan fingerprint density at radius 3 is 2.60 bits per heavy atom. The van der Waals surface area contributed by atoms with Crippen molar-refractivity contribution in [3.8, 4) is 0 Å². The lowest BCUT2D eigenvalue weighted by Crippen LogP contribution is -2.41. The molecular weight excluding hydrogens is 200 g/mol. The largest absolute Gasteiger partial charge is 0.481 e.